The summed E-state index contributed by atoms with van der Waals surface area (Å²) in [5, 5.41) is 3.18. The zero-order valence-corrected chi connectivity index (χ0v) is 12.1. The first-order valence-corrected chi connectivity index (χ1v) is 7.59. The summed E-state index contributed by atoms with van der Waals surface area (Å²) in [4.78, 5) is 20.3. The molecule has 0 aliphatic carbocycles. The van der Waals surface area contributed by atoms with Crippen molar-refractivity contribution >= 4 is 5.91 Å². The first kappa shape index (κ1) is 15.3. The van der Waals surface area contributed by atoms with Gasteiger partial charge in [-0.25, -0.2) is 4.98 Å². The van der Waals surface area contributed by atoms with Crippen LogP contribution in [-0.2, 0) is 11.0 Å². The van der Waals surface area contributed by atoms with E-state index in [1.54, 1.807) is 0 Å². The number of alkyl halides is 3. The maximum atomic E-state index is 12.6. The number of piperidine rings is 1. The van der Waals surface area contributed by atoms with E-state index in [9.17, 15) is 18.0 Å². The van der Waals surface area contributed by atoms with Gasteiger partial charge in [-0.1, -0.05) is 0 Å². The number of imidazole rings is 1. The monoisotopic (exact) mass is 316 g/mol. The smallest absolute Gasteiger partial charge is 0.341 e. The Bertz CT molecular complexity index is 528. The van der Waals surface area contributed by atoms with E-state index < -0.39 is 11.9 Å². The van der Waals surface area contributed by atoms with E-state index in [-0.39, 0.29) is 17.9 Å². The van der Waals surface area contributed by atoms with Crippen molar-refractivity contribution < 1.29 is 18.0 Å². The number of carbonyl (C=O) groups is 1. The van der Waals surface area contributed by atoms with Gasteiger partial charge in [0.05, 0.1) is 12.2 Å². The van der Waals surface area contributed by atoms with E-state index in [1.165, 1.54) is 0 Å². The molecule has 2 fully saturated rings. The second-order valence-corrected chi connectivity index (χ2v) is 5.93. The number of nitrogens with zero attached hydrogens (tertiary/aromatic N) is 2. The fourth-order valence-electron chi connectivity index (χ4n) is 3.18. The third kappa shape index (κ3) is 3.11. The molecule has 2 saturated heterocycles. The van der Waals surface area contributed by atoms with Gasteiger partial charge in [-0.15, -0.1) is 0 Å². The zero-order valence-electron chi connectivity index (χ0n) is 12.1. The lowest BCUT2D eigenvalue weighted by Crippen LogP contribution is -2.46. The quantitative estimate of drug-likeness (QED) is 0.876. The molecule has 0 radical (unpaired) electrons. The molecule has 0 spiro atoms. The van der Waals surface area contributed by atoms with Crippen molar-refractivity contribution in [3.05, 3.63) is 17.7 Å². The van der Waals surface area contributed by atoms with Gasteiger partial charge in [0.25, 0.3) is 0 Å². The van der Waals surface area contributed by atoms with Crippen LogP contribution >= 0.6 is 0 Å². The summed E-state index contributed by atoms with van der Waals surface area (Å²) in [6.45, 7) is 2.02. The Morgan fingerprint density at radius 1 is 1.27 bits per heavy atom. The SMILES string of the molecule is O=C([C@@H]1CCCN1)N1CCC(c2ncc(C(F)(F)F)[nH]2)CC1. The number of likely N-dealkylation sites (tertiary alicyclic amines) is 1. The van der Waals surface area contributed by atoms with E-state index >= 15 is 0 Å². The number of nitrogens with one attached hydrogen (secondary N) is 2. The van der Waals surface area contributed by atoms with Crippen molar-refractivity contribution in [1.82, 2.24) is 20.2 Å². The largest absolute Gasteiger partial charge is 0.432 e. The minimum absolute atomic E-state index is 0.0447. The summed E-state index contributed by atoms with van der Waals surface area (Å²) < 4.78 is 37.7. The fraction of sp³-hybridized carbons (Fsp3) is 0.714. The third-order valence-corrected chi connectivity index (χ3v) is 4.45. The Morgan fingerprint density at radius 3 is 2.55 bits per heavy atom. The number of aromatic nitrogens is 2. The summed E-state index contributed by atoms with van der Waals surface area (Å²) in [5.74, 6) is 0.446. The maximum absolute atomic E-state index is 12.6. The molecule has 2 aliphatic heterocycles. The Morgan fingerprint density at radius 2 is 2.00 bits per heavy atom. The predicted octanol–water partition coefficient (Wildman–Crippen LogP) is 1.89. The number of H-pyrrole nitrogens is 1. The number of rotatable bonds is 2. The van der Waals surface area contributed by atoms with Gasteiger partial charge in [0, 0.05) is 19.0 Å². The van der Waals surface area contributed by atoms with E-state index in [1.807, 2.05) is 4.90 Å². The lowest BCUT2D eigenvalue weighted by atomic mass is 9.95. The van der Waals surface area contributed by atoms with Crippen molar-refractivity contribution in [3.8, 4) is 0 Å². The lowest BCUT2D eigenvalue weighted by molar-refractivity contribution is -0.141. The van der Waals surface area contributed by atoms with Crippen molar-refractivity contribution in [3.63, 3.8) is 0 Å². The lowest BCUT2D eigenvalue weighted by Gasteiger charge is -2.32. The summed E-state index contributed by atoms with van der Waals surface area (Å²) in [5.41, 5.74) is -0.809. The number of amides is 1. The Hall–Kier alpha value is -1.57. The molecule has 3 heterocycles. The molecule has 1 atom stereocenters. The molecule has 22 heavy (non-hydrogen) atoms. The van der Waals surface area contributed by atoms with Crippen molar-refractivity contribution in [1.29, 1.82) is 0 Å². The van der Waals surface area contributed by atoms with Crippen LogP contribution < -0.4 is 5.32 Å². The molecule has 2 aliphatic rings. The zero-order chi connectivity index (χ0) is 15.7. The van der Waals surface area contributed by atoms with Gasteiger partial charge in [0.15, 0.2) is 0 Å². The second-order valence-electron chi connectivity index (χ2n) is 5.93. The molecule has 1 amide bonds. The highest BCUT2D eigenvalue weighted by molar-refractivity contribution is 5.82. The number of carbonyl (C=O) groups excluding carboxylic acids is 1. The van der Waals surface area contributed by atoms with Crippen LogP contribution in [0.2, 0.25) is 0 Å². The third-order valence-electron chi connectivity index (χ3n) is 4.45. The molecule has 3 rings (SSSR count). The first-order valence-electron chi connectivity index (χ1n) is 7.59. The summed E-state index contributed by atoms with van der Waals surface area (Å²) >= 11 is 0. The van der Waals surface area contributed by atoms with Crippen molar-refractivity contribution in [2.45, 2.75) is 43.8 Å². The van der Waals surface area contributed by atoms with E-state index in [0.717, 1.165) is 25.6 Å². The van der Waals surface area contributed by atoms with Gasteiger partial charge in [-0.3, -0.25) is 4.79 Å². The average Bonchev–Trinajstić information content (AvgIpc) is 3.17. The highest BCUT2D eigenvalue weighted by Gasteiger charge is 2.35. The molecule has 1 aromatic heterocycles. The molecule has 0 unspecified atom stereocenters. The van der Waals surface area contributed by atoms with Crippen LogP contribution in [0.25, 0.3) is 0 Å². The molecule has 0 aromatic carbocycles. The molecule has 5 nitrogen and oxygen atoms in total. The van der Waals surface area contributed by atoms with Crippen LogP contribution in [0.4, 0.5) is 13.2 Å². The van der Waals surface area contributed by atoms with Crippen LogP contribution in [0.1, 0.15) is 43.1 Å². The summed E-state index contributed by atoms with van der Waals surface area (Å²) in [6, 6.07) is -0.0861. The van der Waals surface area contributed by atoms with E-state index in [4.69, 9.17) is 0 Å². The topological polar surface area (TPSA) is 61.0 Å². The summed E-state index contributed by atoms with van der Waals surface area (Å²) in [7, 11) is 0. The Kier molecular flexibility index (Phi) is 4.12. The van der Waals surface area contributed by atoms with Gasteiger partial charge in [0.2, 0.25) is 5.91 Å². The number of hydrogen-bond donors (Lipinski definition) is 2. The maximum Gasteiger partial charge on any atom is 0.432 e. The number of hydrogen-bond acceptors (Lipinski definition) is 3. The fourth-order valence-corrected chi connectivity index (χ4v) is 3.18. The van der Waals surface area contributed by atoms with Gasteiger partial charge >= 0.3 is 6.18 Å². The van der Waals surface area contributed by atoms with Gasteiger partial charge < -0.3 is 15.2 Å². The molecule has 0 saturated carbocycles. The Balaban J connectivity index is 1.57. The molecule has 122 valence electrons. The van der Waals surface area contributed by atoms with Crippen LogP contribution in [-0.4, -0.2) is 46.5 Å². The molecule has 2 N–H and O–H groups in total. The van der Waals surface area contributed by atoms with Crippen LogP contribution in [0.15, 0.2) is 6.20 Å². The number of aromatic amines is 1. The molecular weight excluding hydrogens is 297 g/mol. The van der Waals surface area contributed by atoms with Gasteiger partial charge in [-0.2, -0.15) is 13.2 Å². The van der Waals surface area contributed by atoms with Crippen LogP contribution in [0.3, 0.4) is 0 Å². The van der Waals surface area contributed by atoms with E-state index in [2.05, 4.69) is 15.3 Å². The first-order chi connectivity index (χ1) is 10.4. The summed E-state index contributed by atoms with van der Waals surface area (Å²) in [6.07, 6.45) is -0.386. The minimum Gasteiger partial charge on any atom is -0.341 e. The molecule has 8 heteroatoms. The van der Waals surface area contributed by atoms with Crippen molar-refractivity contribution in [2.75, 3.05) is 19.6 Å². The van der Waals surface area contributed by atoms with Crippen LogP contribution in [0.5, 0.6) is 0 Å². The molecular formula is C14H19F3N4O. The van der Waals surface area contributed by atoms with Crippen molar-refractivity contribution in [2.24, 2.45) is 0 Å². The highest BCUT2D eigenvalue weighted by Crippen LogP contribution is 2.31. The van der Waals surface area contributed by atoms with Gasteiger partial charge in [-0.05, 0) is 32.2 Å². The molecule has 1 aromatic rings. The molecule has 0 bridgehead atoms. The Labute approximate surface area is 126 Å². The second kappa shape index (κ2) is 5.91. The van der Waals surface area contributed by atoms with Gasteiger partial charge in [0.1, 0.15) is 11.5 Å². The number of halogens is 3. The normalized spacial score (nSPS) is 24.0. The van der Waals surface area contributed by atoms with Crippen LogP contribution in [0, 0.1) is 0 Å². The predicted molar refractivity (Wildman–Crippen MR) is 73.2 cm³/mol. The highest BCUT2D eigenvalue weighted by atomic mass is 19.4. The van der Waals surface area contributed by atoms with E-state index in [0.29, 0.717) is 31.8 Å². The standard InChI is InChI=1S/C14H19F3N4O/c15-14(16,17)11-8-19-12(20-11)9-3-6-21(7-4-9)13(22)10-2-1-5-18-10/h8-10,18H,1-7H2,(H,19,20)/t10-/m0/s1. The minimum atomic E-state index is -4.39. The average molecular weight is 316 g/mol.